The molecule has 11 heteroatoms. The number of thiophene rings is 1. The van der Waals surface area contributed by atoms with Crippen LogP contribution in [0.25, 0.3) is 11.1 Å². The Hall–Kier alpha value is -3.36. The number of rotatable bonds is 6. The van der Waals surface area contributed by atoms with E-state index in [0.717, 1.165) is 30.3 Å². The van der Waals surface area contributed by atoms with Gasteiger partial charge in [0.2, 0.25) is 5.78 Å². The highest BCUT2D eigenvalue weighted by atomic mass is 32.1. The topological polar surface area (TPSA) is 64.9 Å². The fraction of sp³-hybridized carbons (Fsp3) is 0.143. The van der Waals surface area contributed by atoms with Crippen LogP contribution < -0.4 is 10.9 Å². The molecule has 0 radical (unpaired) electrons. The largest absolute Gasteiger partial charge is 0.426 e. The van der Waals surface area contributed by atoms with Gasteiger partial charge in [0.15, 0.2) is 6.04 Å². The third kappa shape index (κ3) is 5.27. The first-order chi connectivity index (χ1) is 15.0. The molecule has 166 valence electrons. The number of carbonyl (C=O) groups excluding carboxylic acids is 1. The molecule has 3 aromatic rings. The number of nitrogens with zero attached hydrogens (tertiary/aromatic N) is 1. The van der Waals surface area contributed by atoms with Crippen molar-refractivity contribution in [3.63, 3.8) is 0 Å². The Labute approximate surface area is 182 Å². The maximum atomic E-state index is 13.5. The van der Waals surface area contributed by atoms with Crippen LogP contribution in [0, 0.1) is 11.3 Å². The van der Waals surface area contributed by atoms with Crippen LogP contribution in [-0.2, 0) is 12.4 Å². The number of ketones is 1. The summed E-state index contributed by atoms with van der Waals surface area (Å²) in [6.07, 6.45) is -9.23. The van der Waals surface area contributed by atoms with Crippen molar-refractivity contribution in [2.24, 2.45) is 0 Å². The average molecular weight is 469 g/mol. The van der Waals surface area contributed by atoms with E-state index in [-0.39, 0.29) is 33.0 Å². The molecule has 4 nitrogen and oxygen atoms in total. The van der Waals surface area contributed by atoms with Gasteiger partial charge in [-0.1, -0.05) is 30.3 Å². The Morgan fingerprint density at radius 3 is 2.09 bits per heavy atom. The number of halogens is 6. The van der Waals surface area contributed by atoms with Gasteiger partial charge in [-0.15, -0.1) is 11.3 Å². The lowest BCUT2D eigenvalue weighted by atomic mass is 10.0. The predicted octanol–water partition coefficient (Wildman–Crippen LogP) is 6.14. The Balaban J connectivity index is 1.81. The van der Waals surface area contributed by atoms with Gasteiger partial charge in [-0.25, -0.2) is 5.43 Å². The molecule has 0 aliphatic carbocycles. The maximum Gasteiger partial charge on any atom is 0.426 e. The SMILES string of the molecule is N#CC(NNc1ccc(C(F)(F)F)cc1)C(=O)c1cc(-c2ccccc2)c(C(F)(F)F)s1. The van der Waals surface area contributed by atoms with Crippen molar-refractivity contribution >= 4 is 22.8 Å². The zero-order chi connectivity index (χ0) is 23.5. The van der Waals surface area contributed by atoms with Crippen molar-refractivity contribution in [3.05, 3.63) is 76.0 Å². The smallest absolute Gasteiger partial charge is 0.320 e. The fourth-order valence-corrected chi connectivity index (χ4v) is 3.77. The van der Waals surface area contributed by atoms with E-state index < -0.39 is 34.6 Å². The number of carbonyl (C=O) groups is 1. The summed E-state index contributed by atoms with van der Waals surface area (Å²) < 4.78 is 78.4. The van der Waals surface area contributed by atoms with E-state index in [2.05, 4.69) is 10.9 Å². The minimum absolute atomic E-state index is 0.123. The highest BCUT2D eigenvalue weighted by molar-refractivity contribution is 7.14. The Morgan fingerprint density at radius 1 is 0.938 bits per heavy atom. The molecule has 0 saturated carbocycles. The summed E-state index contributed by atoms with van der Waals surface area (Å²) in [4.78, 5) is 11.4. The first kappa shape index (κ1) is 23.3. The minimum Gasteiger partial charge on any atom is -0.320 e. The number of alkyl halides is 6. The van der Waals surface area contributed by atoms with Crippen molar-refractivity contribution in [3.8, 4) is 17.2 Å². The molecule has 32 heavy (non-hydrogen) atoms. The number of anilines is 1. The third-order valence-electron chi connectivity index (χ3n) is 4.28. The average Bonchev–Trinajstić information content (AvgIpc) is 3.20. The lowest BCUT2D eigenvalue weighted by Gasteiger charge is -2.13. The van der Waals surface area contributed by atoms with E-state index >= 15 is 0 Å². The Morgan fingerprint density at radius 2 is 1.56 bits per heavy atom. The molecule has 0 aliphatic heterocycles. The van der Waals surface area contributed by atoms with Crippen molar-refractivity contribution in [1.82, 2.24) is 5.43 Å². The zero-order valence-electron chi connectivity index (χ0n) is 15.9. The van der Waals surface area contributed by atoms with Crippen LogP contribution >= 0.6 is 11.3 Å². The molecule has 1 aromatic heterocycles. The molecular weight excluding hydrogens is 456 g/mol. The summed E-state index contributed by atoms with van der Waals surface area (Å²) in [5, 5.41) is 9.30. The number of hydrazine groups is 1. The lowest BCUT2D eigenvalue weighted by Crippen LogP contribution is -2.39. The number of nitriles is 1. The molecule has 2 aromatic carbocycles. The highest BCUT2D eigenvalue weighted by Gasteiger charge is 2.38. The molecule has 1 heterocycles. The van der Waals surface area contributed by atoms with Gasteiger partial charge >= 0.3 is 12.4 Å². The van der Waals surface area contributed by atoms with Crippen LogP contribution in [0.3, 0.4) is 0 Å². The second-order valence-electron chi connectivity index (χ2n) is 6.49. The zero-order valence-corrected chi connectivity index (χ0v) is 16.7. The first-order valence-electron chi connectivity index (χ1n) is 8.90. The molecule has 1 unspecified atom stereocenters. The van der Waals surface area contributed by atoms with Gasteiger partial charge in [-0.2, -0.15) is 31.6 Å². The lowest BCUT2D eigenvalue weighted by molar-refractivity contribution is -0.137. The number of benzene rings is 2. The molecule has 0 amide bonds. The molecule has 1 atom stereocenters. The summed E-state index contributed by atoms with van der Waals surface area (Å²) >= 11 is 0.221. The van der Waals surface area contributed by atoms with Crippen LogP contribution in [0.1, 0.15) is 20.1 Å². The van der Waals surface area contributed by atoms with Crippen molar-refractivity contribution < 1.29 is 31.1 Å². The van der Waals surface area contributed by atoms with Crippen LogP contribution in [0.4, 0.5) is 32.0 Å². The van der Waals surface area contributed by atoms with Gasteiger partial charge in [0, 0.05) is 11.3 Å². The van der Waals surface area contributed by atoms with E-state index in [1.54, 1.807) is 24.3 Å². The molecule has 0 bridgehead atoms. The van der Waals surface area contributed by atoms with E-state index in [9.17, 15) is 36.4 Å². The molecule has 0 spiro atoms. The minimum atomic E-state index is -4.71. The summed E-state index contributed by atoms with van der Waals surface area (Å²) in [5.74, 6) is -0.912. The van der Waals surface area contributed by atoms with E-state index in [1.807, 2.05) is 0 Å². The summed E-state index contributed by atoms with van der Waals surface area (Å²) in [6.45, 7) is 0. The van der Waals surface area contributed by atoms with Gasteiger partial charge in [-0.05, 0) is 35.9 Å². The highest BCUT2D eigenvalue weighted by Crippen LogP contribution is 2.43. The second-order valence-corrected chi connectivity index (χ2v) is 7.54. The van der Waals surface area contributed by atoms with Crippen molar-refractivity contribution in [2.45, 2.75) is 18.4 Å². The second kappa shape index (κ2) is 9.02. The maximum absolute atomic E-state index is 13.5. The third-order valence-corrected chi connectivity index (χ3v) is 5.48. The van der Waals surface area contributed by atoms with Crippen molar-refractivity contribution in [1.29, 1.82) is 5.26 Å². The molecular formula is C21H13F6N3OS. The quantitative estimate of drug-likeness (QED) is 0.258. The molecule has 3 rings (SSSR count). The standard InChI is InChI=1S/C21H13F6N3OS/c22-20(23,24)13-6-8-14(9-7-13)29-30-16(11-28)18(31)17-10-15(12-4-2-1-3-5-12)19(32-17)21(25,26)27/h1-10,16,29-30H. The Kier molecular flexibility index (Phi) is 6.57. The van der Waals surface area contributed by atoms with E-state index in [0.29, 0.717) is 0 Å². The van der Waals surface area contributed by atoms with Crippen molar-refractivity contribution in [2.75, 3.05) is 5.43 Å². The van der Waals surface area contributed by atoms with Crippen LogP contribution in [0.15, 0.2) is 60.7 Å². The fourth-order valence-electron chi connectivity index (χ4n) is 2.75. The number of nitrogens with one attached hydrogen (secondary N) is 2. The summed E-state index contributed by atoms with van der Waals surface area (Å²) in [5.41, 5.74) is 4.08. The van der Waals surface area contributed by atoms with Crippen LogP contribution in [0.5, 0.6) is 0 Å². The number of hydrogen-bond donors (Lipinski definition) is 2. The number of Topliss-reactive ketones (excluding diaryl/α,β-unsaturated/α-hetero) is 1. The summed E-state index contributed by atoms with van der Waals surface area (Å²) in [6, 6.07) is 12.6. The van der Waals surface area contributed by atoms with E-state index in [4.69, 9.17) is 0 Å². The van der Waals surface area contributed by atoms with Gasteiger partial charge in [0.1, 0.15) is 4.88 Å². The molecule has 0 aliphatic rings. The molecule has 0 fully saturated rings. The van der Waals surface area contributed by atoms with Crippen LogP contribution in [-0.4, -0.2) is 11.8 Å². The predicted molar refractivity (Wildman–Crippen MR) is 107 cm³/mol. The van der Waals surface area contributed by atoms with Crippen LogP contribution in [0.2, 0.25) is 0 Å². The normalized spacial score (nSPS) is 12.8. The molecule has 2 N–H and O–H groups in total. The van der Waals surface area contributed by atoms with Gasteiger partial charge in [0.05, 0.1) is 16.5 Å². The number of hydrogen-bond acceptors (Lipinski definition) is 5. The van der Waals surface area contributed by atoms with E-state index in [1.165, 1.54) is 12.1 Å². The van der Waals surface area contributed by atoms with Gasteiger partial charge in [-0.3, -0.25) is 4.79 Å². The summed E-state index contributed by atoms with van der Waals surface area (Å²) in [7, 11) is 0. The van der Waals surface area contributed by atoms with Gasteiger partial charge in [0.25, 0.3) is 0 Å². The molecule has 0 saturated heterocycles. The monoisotopic (exact) mass is 469 g/mol. The first-order valence-corrected chi connectivity index (χ1v) is 9.71. The Bertz CT molecular complexity index is 1130. The van der Waals surface area contributed by atoms with Gasteiger partial charge < -0.3 is 5.43 Å².